The Labute approximate surface area is 142 Å². The number of aryl methyl sites for hydroxylation is 1. The van der Waals surface area contributed by atoms with Gasteiger partial charge in [0.1, 0.15) is 5.01 Å². The van der Waals surface area contributed by atoms with Crippen LogP contribution < -0.4 is 5.32 Å². The molecule has 0 aliphatic carbocycles. The number of thiazole rings is 1. The van der Waals surface area contributed by atoms with Crippen LogP contribution in [0.15, 0.2) is 11.2 Å². The Morgan fingerprint density at radius 1 is 1.43 bits per heavy atom. The lowest BCUT2D eigenvalue weighted by Crippen LogP contribution is -2.46. The molecular weight excluding hydrogens is 310 g/mol. The smallest absolute Gasteiger partial charge is 0.194 e. The molecule has 128 valence electrons. The summed E-state index contributed by atoms with van der Waals surface area (Å²) in [6.45, 7) is 8.90. The summed E-state index contributed by atoms with van der Waals surface area (Å²) in [5.74, 6) is 0.994. The van der Waals surface area contributed by atoms with Crippen molar-refractivity contribution in [3.05, 3.63) is 16.1 Å². The summed E-state index contributed by atoms with van der Waals surface area (Å²) in [7, 11) is 1.86. The molecule has 6 nitrogen and oxygen atoms in total. The second-order valence-electron chi connectivity index (χ2n) is 6.01. The zero-order valence-electron chi connectivity index (χ0n) is 14.1. The molecule has 0 aromatic carbocycles. The van der Waals surface area contributed by atoms with E-state index in [1.54, 1.807) is 11.3 Å². The topological polar surface area (TPSA) is 53.0 Å². The number of nitrogens with zero attached hydrogens (tertiary/aromatic N) is 4. The maximum absolute atomic E-state index is 5.46. The summed E-state index contributed by atoms with van der Waals surface area (Å²) in [5.41, 5.74) is 0. The lowest BCUT2D eigenvalue weighted by molar-refractivity contribution is 0.0195. The maximum Gasteiger partial charge on any atom is 0.194 e. The van der Waals surface area contributed by atoms with E-state index in [0.29, 0.717) is 6.04 Å². The third-order valence-corrected chi connectivity index (χ3v) is 5.73. The number of ether oxygens (including phenoxy) is 1. The fourth-order valence-corrected chi connectivity index (χ4v) is 4.06. The Hall–Kier alpha value is -1.18. The number of aromatic nitrogens is 1. The third-order valence-electron chi connectivity index (χ3n) is 4.58. The number of morpholine rings is 1. The van der Waals surface area contributed by atoms with E-state index in [0.717, 1.165) is 63.3 Å². The van der Waals surface area contributed by atoms with E-state index in [1.807, 2.05) is 13.2 Å². The van der Waals surface area contributed by atoms with Crippen molar-refractivity contribution in [2.45, 2.75) is 32.4 Å². The molecule has 3 rings (SSSR count). The van der Waals surface area contributed by atoms with E-state index in [1.165, 1.54) is 11.3 Å². The Morgan fingerprint density at radius 2 is 2.26 bits per heavy atom. The zero-order valence-corrected chi connectivity index (χ0v) is 14.9. The second-order valence-corrected chi connectivity index (χ2v) is 7.21. The Balaban J connectivity index is 1.50. The standard InChI is InChI=1S/C16H27N5OS/c1-3-14-10-18-15(23-14)11-19-16(17-2)21-5-4-13(12-21)20-6-8-22-9-7-20/h10,13H,3-9,11-12H2,1-2H3,(H,17,19). The van der Waals surface area contributed by atoms with Gasteiger partial charge in [-0.15, -0.1) is 11.3 Å². The minimum absolute atomic E-state index is 0.629. The number of aliphatic imine (C=N–C) groups is 1. The first-order valence-corrected chi connectivity index (χ1v) is 9.32. The summed E-state index contributed by atoms with van der Waals surface area (Å²) in [6, 6.07) is 0.629. The van der Waals surface area contributed by atoms with Crippen LogP contribution in [-0.4, -0.2) is 73.2 Å². The normalized spacial score (nSPS) is 23.5. The van der Waals surface area contributed by atoms with Gasteiger partial charge in [0.2, 0.25) is 0 Å². The predicted molar refractivity (Wildman–Crippen MR) is 94.1 cm³/mol. The Morgan fingerprint density at radius 3 is 2.96 bits per heavy atom. The molecule has 3 heterocycles. The van der Waals surface area contributed by atoms with Gasteiger partial charge in [-0.3, -0.25) is 9.89 Å². The summed E-state index contributed by atoms with van der Waals surface area (Å²) in [5, 5.41) is 4.60. The fraction of sp³-hybridized carbons (Fsp3) is 0.750. The SMILES string of the molecule is CCc1cnc(CNC(=NC)N2CCC(N3CCOCC3)C2)s1. The Kier molecular flexibility index (Phi) is 5.85. The lowest BCUT2D eigenvalue weighted by atomic mass is 10.2. The average Bonchev–Trinajstić information content (AvgIpc) is 3.26. The molecular formula is C16H27N5OS. The monoisotopic (exact) mass is 337 g/mol. The molecule has 1 aromatic rings. The number of likely N-dealkylation sites (tertiary alicyclic amines) is 1. The van der Waals surface area contributed by atoms with Crippen LogP contribution in [-0.2, 0) is 17.7 Å². The van der Waals surface area contributed by atoms with Gasteiger partial charge in [-0.1, -0.05) is 6.92 Å². The van der Waals surface area contributed by atoms with Crippen LogP contribution in [0, 0.1) is 0 Å². The molecule has 1 unspecified atom stereocenters. The first kappa shape index (κ1) is 16.7. The van der Waals surface area contributed by atoms with E-state index in [-0.39, 0.29) is 0 Å². The molecule has 2 fully saturated rings. The first-order valence-electron chi connectivity index (χ1n) is 8.51. The summed E-state index contributed by atoms with van der Waals surface area (Å²) in [6.07, 6.45) is 4.24. The number of rotatable bonds is 4. The van der Waals surface area contributed by atoms with Gasteiger partial charge in [0, 0.05) is 50.3 Å². The van der Waals surface area contributed by atoms with Crippen molar-refractivity contribution in [1.29, 1.82) is 0 Å². The van der Waals surface area contributed by atoms with E-state index in [4.69, 9.17) is 4.74 Å². The largest absolute Gasteiger partial charge is 0.379 e. The van der Waals surface area contributed by atoms with Crippen molar-refractivity contribution >= 4 is 17.3 Å². The van der Waals surface area contributed by atoms with Crippen molar-refractivity contribution in [2.75, 3.05) is 46.4 Å². The van der Waals surface area contributed by atoms with Gasteiger partial charge in [0.25, 0.3) is 0 Å². The highest BCUT2D eigenvalue weighted by molar-refractivity contribution is 7.11. The van der Waals surface area contributed by atoms with Crippen LogP contribution in [0.1, 0.15) is 23.2 Å². The van der Waals surface area contributed by atoms with Crippen molar-refractivity contribution in [3.63, 3.8) is 0 Å². The van der Waals surface area contributed by atoms with Gasteiger partial charge in [0.05, 0.1) is 19.8 Å². The highest BCUT2D eigenvalue weighted by Crippen LogP contribution is 2.17. The molecule has 23 heavy (non-hydrogen) atoms. The van der Waals surface area contributed by atoms with E-state index < -0.39 is 0 Å². The van der Waals surface area contributed by atoms with E-state index >= 15 is 0 Å². The molecule has 0 amide bonds. The van der Waals surface area contributed by atoms with Crippen LogP contribution in [0.4, 0.5) is 0 Å². The zero-order chi connectivity index (χ0) is 16.1. The summed E-state index contributed by atoms with van der Waals surface area (Å²) >= 11 is 1.78. The number of guanidine groups is 1. The average molecular weight is 337 g/mol. The minimum atomic E-state index is 0.629. The van der Waals surface area contributed by atoms with Crippen molar-refractivity contribution in [2.24, 2.45) is 4.99 Å². The van der Waals surface area contributed by atoms with Crippen molar-refractivity contribution in [3.8, 4) is 0 Å². The van der Waals surface area contributed by atoms with Gasteiger partial charge in [-0.05, 0) is 12.8 Å². The molecule has 2 aliphatic heterocycles. The highest BCUT2D eigenvalue weighted by Gasteiger charge is 2.30. The van der Waals surface area contributed by atoms with Gasteiger partial charge < -0.3 is 15.0 Å². The molecule has 1 atom stereocenters. The van der Waals surface area contributed by atoms with Crippen LogP contribution in [0.5, 0.6) is 0 Å². The third kappa shape index (κ3) is 4.22. The van der Waals surface area contributed by atoms with Crippen LogP contribution in [0.25, 0.3) is 0 Å². The molecule has 0 radical (unpaired) electrons. The number of hydrogen-bond donors (Lipinski definition) is 1. The fourth-order valence-electron chi connectivity index (χ4n) is 3.26. The lowest BCUT2D eigenvalue weighted by Gasteiger charge is -2.32. The van der Waals surface area contributed by atoms with Crippen molar-refractivity contribution < 1.29 is 4.74 Å². The molecule has 2 saturated heterocycles. The second kappa shape index (κ2) is 8.08. The molecule has 0 spiro atoms. The van der Waals surface area contributed by atoms with Crippen LogP contribution >= 0.6 is 11.3 Å². The summed E-state index contributed by atoms with van der Waals surface area (Å²) < 4.78 is 5.46. The molecule has 1 aromatic heterocycles. The maximum atomic E-state index is 5.46. The first-order chi connectivity index (χ1) is 11.3. The van der Waals surface area contributed by atoms with Gasteiger partial charge in [-0.2, -0.15) is 0 Å². The van der Waals surface area contributed by atoms with E-state index in [2.05, 4.69) is 32.0 Å². The molecule has 7 heteroatoms. The summed E-state index contributed by atoms with van der Waals surface area (Å²) in [4.78, 5) is 15.2. The highest BCUT2D eigenvalue weighted by atomic mass is 32.1. The van der Waals surface area contributed by atoms with Gasteiger partial charge in [-0.25, -0.2) is 4.98 Å². The predicted octanol–water partition coefficient (Wildman–Crippen LogP) is 1.19. The molecule has 0 bridgehead atoms. The number of hydrogen-bond acceptors (Lipinski definition) is 5. The van der Waals surface area contributed by atoms with Gasteiger partial charge >= 0.3 is 0 Å². The minimum Gasteiger partial charge on any atom is -0.379 e. The van der Waals surface area contributed by atoms with Crippen LogP contribution in [0.2, 0.25) is 0 Å². The van der Waals surface area contributed by atoms with Crippen molar-refractivity contribution in [1.82, 2.24) is 20.1 Å². The Bertz CT molecular complexity index is 526. The molecule has 2 aliphatic rings. The molecule has 1 N–H and O–H groups in total. The number of nitrogens with one attached hydrogen (secondary N) is 1. The van der Waals surface area contributed by atoms with Crippen LogP contribution in [0.3, 0.4) is 0 Å². The van der Waals surface area contributed by atoms with E-state index in [9.17, 15) is 0 Å². The van der Waals surface area contributed by atoms with Gasteiger partial charge in [0.15, 0.2) is 5.96 Å². The quantitative estimate of drug-likeness (QED) is 0.661. The molecule has 0 saturated carbocycles.